The third kappa shape index (κ3) is 5.68. The van der Waals surface area contributed by atoms with Crippen LogP contribution in [0, 0.1) is 11.8 Å². The van der Waals surface area contributed by atoms with Gasteiger partial charge in [-0.25, -0.2) is 0 Å². The van der Waals surface area contributed by atoms with Gasteiger partial charge in [0.05, 0.1) is 19.1 Å². The highest BCUT2D eigenvalue weighted by Gasteiger charge is 2.34. The van der Waals surface area contributed by atoms with Crippen LogP contribution in [0.5, 0.6) is 5.75 Å². The van der Waals surface area contributed by atoms with Crippen molar-refractivity contribution >= 4 is 16.1 Å². The molecule has 0 aromatic heterocycles. The molecule has 1 aliphatic rings. The lowest BCUT2D eigenvalue weighted by Crippen LogP contribution is -2.49. The summed E-state index contributed by atoms with van der Waals surface area (Å²) in [5.74, 6) is 0.760. The maximum atomic E-state index is 13.0. The summed E-state index contributed by atoms with van der Waals surface area (Å²) in [5.41, 5.74) is 1.02. The lowest BCUT2D eigenvalue weighted by Gasteiger charge is -2.33. The number of nitrogens with one attached hydrogen (secondary N) is 1. The van der Waals surface area contributed by atoms with Gasteiger partial charge in [0.1, 0.15) is 5.75 Å². The molecule has 1 aromatic rings. The second-order valence-corrected chi connectivity index (χ2v) is 10.1. The molecule has 7 nitrogen and oxygen atoms in total. The Labute approximate surface area is 169 Å². The fourth-order valence-electron chi connectivity index (χ4n) is 3.47. The highest BCUT2D eigenvalue weighted by Crippen LogP contribution is 2.26. The summed E-state index contributed by atoms with van der Waals surface area (Å²) in [4.78, 5) is 13.0. The lowest BCUT2D eigenvalue weighted by molar-refractivity contribution is -0.127. The molecule has 0 saturated carbocycles. The summed E-state index contributed by atoms with van der Waals surface area (Å²) in [5, 5.41) is 3.16. The SMILES string of the molecule is COc1ccc([C@H](CC(C)C)NC(=O)[C@@H]2CCCN(S(=O)(=O)N(C)C)C2)cc1. The fraction of sp³-hybridized carbons (Fsp3) is 0.650. The molecule has 1 amide bonds. The van der Waals surface area contributed by atoms with E-state index in [1.807, 2.05) is 24.3 Å². The first kappa shape index (κ1) is 22.6. The summed E-state index contributed by atoms with van der Waals surface area (Å²) in [6.07, 6.45) is 2.19. The Hall–Kier alpha value is -1.64. The summed E-state index contributed by atoms with van der Waals surface area (Å²) < 4.78 is 32.6. The van der Waals surface area contributed by atoms with Gasteiger partial charge in [-0.15, -0.1) is 0 Å². The van der Waals surface area contributed by atoms with Crippen molar-refractivity contribution in [3.05, 3.63) is 29.8 Å². The molecule has 2 atom stereocenters. The molecule has 2 rings (SSSR count). The summed E-state index contributed by atoms with van der Waals surface area (Å²) in [6, 6.07) is 7.60. The molecule has 1 aromatic carbocycles. The number of nitrogens with zero attached hydrogens (tertiary/aromatic N) is 2. The highest BCUT2D eigenvalue weighted by molar-refractivity contribution is 7.86. The molecule has 0 aliphatic carbocycles. The minimum Gasteiger partial charge on any atom is -0.497 e. The quantitative estimate of drug-likeness (QED) is 0.713. The highest BCUT2D eigenvalue weighted by atomic mass is 32.2. The van der Waals surface area contributed by atoms with Crippen molar-refractivity contribution in [2.45, 2.75) is 39.2 Å². The van der Waals surface area contributed by atoms with Crippen LogP contribution < -0.4 is 10.1 Å². The number of carbonyl (C=O) groups excluding carboxylic acids is 1. The van der Waals surface area contributed by atoms with Gasteiger partial charge >= 0.3 is 0 Å². The van der Waals surface area contributed by atoms with Gasteiger partial charge in [-0.3, -0.25) is 4.79 Å². The van der Waals surface area contributed by atoms with E-state index in [0.29, 0.717) is 25.3 Å². The molecule has 1 heterocycles. The first-order valence-electron chi connectivity index (χ1n) is 9.77. The predicted octanol–water partition coefficient (Wildman–Crippen LogP) is 2.42. The van der Waals surface area contributed by atoms with E-state index in [2.05, 4.69) is 19.2 Å². The molecule has 0 unspecified atom stereocenters. The first-order valence-corrected chi connectivity index (χ1v) is 11.2. The average Bonchev–Trinajstić information content (AvgIpc) is 2.67. The van der Waals surface area contributed by atoms with E-state index in [1.54, 1.807) is 7.11 Å². The van der Waals surface area contributed by atoms with E-state index in [0.717, 1.165) is 17.7 Å². The van der Waals surface area contributed by atoms with E-state index in [9.17, 15) is 13.2 Å². The van der Waals surface area contributed by atoms with Gasteiger partial charge in [-0.1, -0.05) is 26.0 Å². The van der Waals surface area contributed by atoms with Gasteiger partial charge in [0.2, 0.25) is 5.91 Å². The van der Waals surface area contributed by atoms with Crippen molar-refractivity contribution in [3.8, 4) is 5.75 Å². The molecular weight excluding hydrogens is 378 g/mol. The second-order valence-electron chi connectivity index (χ2n) is 7.95. The van der Waals surface area contributed by atoms with Crippen LogP contribution in [0.3, 0.4) is 0 Å². The van der Waals surface area contributed by atoms with E-state index in [-0.39, 0.29) is 24.4 Å². The zero-order valence-corrected chi connectivity index (χ0v) is 18.3. The van der Waals surface area contributed by atoms with E-state index in [4.69, 9.17) is 4.74 Å². The third-order valence-electron chi connectivity index (χ3n) is 5.08. The monoisotopic (exact) mass is 411 g/mol. The predicted molar refractivity (Wildman–Crippen MR) is 110 cm³/mol. The van der Waals surface area contributed by atoms with Crippen LogP contribution in [0.15, 0.2) is 24.3 Å². The summed E-state index contributed by atoms with van der Waals surface area (Å²) in [6.45, 7) is 4.92. The minimum atomic E-state index is -3.50. The molecule has 1 aliphatic heterocycles. The number of methoxy groups -OCH3 is 1. The van der Waals surface area contributed by atoms with Gasteiger partial charge in [0.15, 0.2) is 0 Å². The smallest absolute Gasteiger partial charge is 0.281 e. The van der Waals surface area contributed by atoms with Crippen LogP contribution in [-0.4, -0.2) is 57.2 Å². The summed E-state index contributed by atoms with van der Waals surface area (Å²) >= 11 is 0. The van der Waals surface area contributed by atoms with Crippen molar-refractivity contribution in [1.82, 2.24) is 13.9 Å². The zero-order chi connectivity index (χ0) is 20.9. The number of piperidine rings is 1. The molecule has 158 valence electrons. The second kappa shape index (κ2) is 9.71. The number of hydrogen-bond donors (Lipinski definition) is 1. The molecule has 0 bridgehead atoms. The fourth-order valence-corrected chi connectivity index (χ4v) is 4.66. The standard InChI is InChI=1S/C20H33N3O4S/c1-15(2)13-19(16-8-10-18(27-5)11-9-16)21-20(24)17-7-6-12-23(14-17)28(25,26)22(3)4/h8-11,15,17,19H,6-7,12-14H2,1-5H3,(H,21,24)/t17-,19+/m1/s1. The Kier molecular flexibility index (Phi) is 7.86. The third-order valence-corrected chi connectivity index (χ3v) is 6.99. The lowest BCUT2D eigenvalue weighted by atomic mass is 9.94. The Morgan fingerprint density at radius 1 is 1.29 bits per heavy atom. The number of rotatable bonds is 8. The van der Waals surface area contributed by atoms with E-state index < -0.39 is 10.2 Å². The molecule has 0 spiro atoms. The topological polar surface area (TPSA) is 79.0 Å². The van der Waals surface area contributed by atoms with Crippen LogP contribution in [-0.2, 0) is 15.0 Å². The number of carbonyl (C=O) groups is 1. The summed E-state index contributed by atoms with van der Waals surface area (Å²) in [7, 11) is 1.15. The molecule has 28 heavy (non-hydrogen) atoms. The maximum Gasteiger partial charge on any atom is 0.281 e. The Bertz CT molecular complexity index is 747. The van der Waals surface area contributed by atoms with Crippen molar-refractivity contribution in [2.24, 2.45) is 11.8 Å². The Balaban J connectivity index is 2.11. The Morgan fingerprint density at radius 3 is 2.46 bits per heavy atom. The normalized spacial score (nSPS) is 19.6. The number of hydrogen-bond acceptors (Lipinski definition) is 4. The van der Waals surface area contributed by atoms with Crippen molar-refractivity contribution in [1.29, 1.82) is 0 Å². The molecule has 1 N–H and O–H groups in total. The van der Waals surface area contributed by atoms with Crippen molar-refractivity contribution in [2.75, 3.05) is 34.3 Å². The van der Waals surface area contributed by atoms with Gasteiger partial charge in [0, 0.05) is 27.2 Å². The van der Waals surface area contributed by atoms with Gasteiger partial charge < -0.3 is 10.1 Å². The maximum absolute atomic E-state index is 13.0. The largest absolute Gasteiger partial charge is 0.497 e. The van der Waals surface area contributed by atoms with Crippen molar-refractivity contribution < 1.29 is 17.9 Å². The number of amides is 1. The molecule has 0 radical (unpaired) electrons. The molecule has 1 fully saturated rings. The van der Waals surface area contributed by atoms with E-state index in [1.165, 1.54) is 22.7 Å². The van der Waals surface area contributed by atoms with Gasteiger partial charge in [0.25, 0.3) is 10.2 Å². The van der Waals surface area contributed by atoms with Crippen LogP contribution in [0.25, 0.3) is 0 Å². The van der Waals surface area contributed by atoms with Gasteiger partial charge in [-0.05, 0) is 42.9 Å². The number of benzene rings is 1. The van der Waals surface area contributed by atoms with Crippen molar-refractivity contribution in [3.63, 3.8) is 0 Å². The van der Waals surface area contributed by atoms with E-state index >= 15 is 0 Å². The van der Waals surface area contributed by atoms with Gasteiger partial charge in [-0.2, -0.15) is 17.0 Å². The van der Waals surface area contributed by atoms with Crippen LogP contribution >= 0.6 is 0 Å². The van der Waals surface area contributed by atoms with Crippen LogP contribution in [0.2, 0.25) is 0 Å². The molecule has 8 heteroatoms. The minimum absolute atomic E-state index is 0.0832. The van der Waals surface area contributed by atoms with Crippen LogP contribution in [0.1, 0.15) is 44.7 Å². The molecular formula is C20H33N3O4S. The first-order chi connectivity index (χ1) is 13.1. The molecule has 1 saturated heterocycles. The Morgan fingerprint density at radius 2 is 1.93 bits per heavy atom. The average molecular weight is 412 g/mol. The number of ether oxygens (including phenoxy) is 1. The zero-order valence-electron chi connectivity index (χ0n) is 17.5. The van der Waals surface area contributed by atoms with Crippen LogP contribution in [0.4, 0.5) is 0 Å².